The van der Waals surface area contributed by atoms with Gasteiger partial charge in [-0.1, -0.05) is 119 Å². The van der Waals surface area contributed by atoms with Gasteiger partial charge in [0.25, 0.3) is 0 Å². The summed E-state index contributed by atoms with van der Waals surface area (Å²) in [6.07, 6.45) is 17.7. The van der Waals surface area contributed by atoms with Crippen molar-refractivity contribution in [1.82, 2.24) is 0 Å². The SMILES string of the molecule is CCCCCCCCc1ccc(C2C=CC(c3ccccc3CCCCC)=CC2(F)C(=O)O)cc1. The van der Waals surface area contributed by atoms with E-state index in [1.54, 1.807) is 6.08 Å². The summed E-state index contributed by atoms with van der Waals surface area (Å²) in [7, 11) is 0. The Morgan fingerprint density at radius 1 is 0.857 bits per heavy atom. The van der Waals surface area contributed by atoms with Crippen molar-refractivity contribution in [1.29, 1.82) is 0 Å². The molecule has 1 aliphatic rings. The van der Waals surface area contributed by atoms with Crippen molar-refractivity contribution in [2.45, 2.75) is 96.1 Å². The first-order valence-electron chi connectivity index (χ1n) is 13.5. The lowest BCUT2D eigenvalue weighted by atomic mass is 9.77. The molecule has 2 atom stereocenters. The highest BCUT2D eigenvalue weighted by Gasteiger charge is 2.46. The average molecular weight is 477 g/mol. The summed E-state index contributed by atoms with van der Waals surface area (Å²) in [5, 5.41) is 9.94. The molecule has 2 aromatic carbocycles. The fourth-order valence-corrected chi connectivity index (χ4v) is 5.01. The number of carbonyl (C=O) groups is 1. The van der Waals surface area contributed by atoms with E-state index in [1.165, 1.54) is 43.7 Å². The number of halogens is 1. The molecule has 2 nitrogen and oxygen atoms in total. The van der Waals surface area contributed by atoms with Crippen LogP contribution in [0.15, 0.2) is 66.8 Å². The van der Waals surface area contributed by atoms with E-state index < -0.39 is 17.6 Å². The number of aryl methyl sites for hydroxylation is 2. The maximum atomic E-state index is 16.1. The molecule has 1 aliphatic carbocycles. The van der Waals surface area contributed by atoms with Crippen LogP contribution < -0.4 is 0 Å². The molecular weight excluding hydrogens is 435 g/mol. The zero-order chi connectivity index (χ0) is 25.1. The Morgan fingerprint density at radius 2 is 1.49 bits per heavy atom. The molecule has 0 aliphatic heterocycles. The van der Waals surface area contributed by atoms with E-state index in [9.17, 15) is 9.90 Å². The first kappa shape index (κ1) is 26.9. The number of hydrogen-bond acceptors (Lipinski definition) is 1. The Morgan fingerprint density at radius 3 is 2.20 bits per heavy atom. The molecule has 0 saturated carbocycles. The van der Waals surface area contributed by atoms with Gasteiger partial charge in [-0.2, -0.15) is 0 Å². The third kappa shape index (κ3) is 7.16. The zero-order valence-electron chi connectivity index (χ0n) is 21.4. The summed E-state index contributed by atoms with van der Waals surface area (Å²) in [6.45, 7) is 4.40. The third-order valence-electron chi connectivity index (χ3n) is 7.15. The minimum Gasteiger partial charge on any atom is -0.479 e. The van der Waals surface area contributed by atoms with Gasteiger partial charge in [0.15, 0.2) is 0 Å². The van der Waals surface area contributed by atoms with Gasteiger partial charge in [0, 0.05) is 0 Å². The van der Waals surface area contributed by atoms with Gasteiger partial charge in [0.1, 0.15) is 0 Å². The smallest absolute Gasteiger partial charge is 0.346 e. The number of unbranched alkanes of at least 4 members (excludes halogenated alkanes) is 7. The summed E-state index contributed by atoms with van der Waals surface area (Å²) in [5.74, 6) is -2.29. The van der Waals surface area contributed by atoms with Crippen molar-refractivity contribution in [2.24, 2.45) is 0 Å². The molecule has 0 radical (unpaired) electrons. The molecule has 188 valence electrons. The van der Waals surface area contributed by atoms with Crippen LogP contribution in [-0.2, 0) is 17.6 Å². The highest BCUT2D eigenvalue weighted by molar-refractivity contribution is 5.90. The van der Waals surface area contributed by atoms with E-state index in [4.69, 9.17) is 0 Å². The van der Waals surface area contributed by atoms with Crippen molar-refractivity contribution in [3.63, 3.8) is 0 Å². The lowest BCUT2D eigenvalue weighted by molar-refractivity contribution is -0.148. The van der Waals surface area contributed by atoms with Crippen LogP contribution in [0.5, 0.6) is 0 Å². The number of benzene rings is 2. The summed E-state index contributed by atoms with van der Waals surface area (Å²) in [5.41, 5.74) is 2.16. The van der Waals surface area contributed by atoms with E-state index >= 15 is 4.39 Å². The van der Waals surface area contributed by atoms with Gasteiger partial charge in [-0.25, -0.2) is 9.18 Å². The van der Waals surface area contributed by atoms with Crippen LogP contribution >= 0.6 is 0 Å². The van der Waals surface area contributed by atoms with E-state index in [0.29, 0.717) is 11.1 Å². The number of aliphatic carboxylic acids is 1. The van der Waals surface area contributed by atoms with Crippen molar-refractivity contribution in [2.75, 3.05) is 0 Å². The van der Waals surface area contributed by atoms with E-state index in [-0.39, 0.29) is 0 Å². The molecular formula is C32H41FO2. The molecule has 0 bridgehead atoms. The molecule has 0 spiro atoms. The van der Waals surface area contributed by atoms with Gasteiger partial charge >= 0.3 is 5.97 Å². The Balaban J connectivity index is 1.74. The lowest BCUT2D eigenvalue weighted by Gasteiger charge is -2.30. The number of carboxylic acids is 1. The van der Waals surface area contributed by atoms with Crippen molar-refractivity contribution in [3.8, 4) is 0 Å². The topological polar surface area (TPSA) is 37.3 Å². The highest BCUT2D eigenvalue weighted by Crippen LogP contribution is 2.42. The Kier molecular flexibility index (Phi) is 10.3. The monoisotopic (exact) mass is 476 g/mol. The largest absolute Gasteiger partial charge is 0.479 e. The molecule has 3 heteroatoms. The molecule has 1 N–H and O–H groups in total. The quantitative estimate of drug-likeness (QED) is 0.276. The van der Waals surface area contributed by atoms with Crippen LogP contribution in [0.3, 0.4) is 0 Å². The maximum Gasteiger partial charge on any atom is 0.346 e. The van der Waals surface area contributed by atoms with Crippen LogP contribution in [0.4, 0.5) is 4.39 Å². The fourth-order valence-electron chi connectivity index (χ4n) is 5.01. The minimum absolute atomic E-state index is 0.651. The van der Waals surface area contributed by atoms with E-state index in [0.717, 1.165) is 49.7 Å². The zero-order valence-corrected chi connectivity index (χ0v) is 21.4. The predicted octanol–water partition coefficient (Wildman–Crippen LogP) is 8.85. The number of rotatable bonds is 14. The molecule has 0 saturated heterocycles. The molecule has 0 fully saturated rings. The molecule has 2 aromatic rings. The second-order valence-electron chi connectivity index (χ2n) is 9.88. The molecule has 0 amide bonds. The number of alkyl halides is 1. The van der Waals surface area contributed by atoms with Crippen molar-refractivity contribution >= 4 is 11.5 Å². The van der Waals surface area contributed by atoms with E-state index in [1.807, 2.05) is 48.5 Å². The number of hydrogen-bond donors (Lipinski definition) is 1. The van der Waals surface area contributed by atoms with Crippen LogP contribution in [0, 0.1) is 0 Å². The van der Waals surface area contributed by atoms with Gasteiger partial charge < -0.3 is 5.11 Å². The summed E-state index contributed by atoms with van der Waals surface area (Å²) >= 11 is 0. The number of carboxylic acid groups (broad SMARTS) is 1. The Bertz CT molecular complexity index is 1000. The van der Waals surface area contributed by atoms with Crippen LogP contribution in [-0.4, -0.2) is 16.7 Å². The van der Waals surface area contributed by atoms with Crippen molar-refractivity contribution in [3.05, 3.63) is 89.0 Å². The summed E-state index contributed by atoms with van der Waals surface area (Å²) < 4.78 is 16.1. The second-order valence-corrected chi connectivity index (χ2v) is 9.88. The number of allylic oxidation sites excluding steroid dienone is 3. The van der Waals surface area contributed by atoms with Gasteiger partial charge in [0.2, 0.25) is 5.67 Å². The summed E-state index contributed by atoms with van der Waals surface area (Å²) in [6, 6.07) is 15.8. The normalized spacial score (nSPS) is 19.5. The summed E-state index contributed by atoms with van der Waals surface area (Å²) in [4.78, 5) is 12.2. The van der Waals surface area contributed by atoms with Crippen molar-refractivity contribution < 1.29 is 14.3 Å². The average Bonchev–Trinajstić information content (AvgIpc) is 2.87. The van der Waals surface area contributed by atoms with Gasteiger partial charge in [0.05, 0.1) is 5.92 Å². The maximum absolute atomic E-state index is 16.1. The molecule has 0 aromatic heterocycles. The van der Waals surface area contributed by atoms with E-state index in [2.05, 4.69) is 19.9 Å². The Labute approximate surface area is 211 Å². The predicted molar refractivity (Wildman–Crippen MR) is 145 cm³/mol. The van der Waals surface area contributed by atoms with Crippen LogP contribution in [0.25, 0.3) is 5.57 Å². The lowest BCUT2D eigenvalue weighted by Crippen LogP contribution is -2.39. The second kappa shape index (κ2) is 13.4. The molecule has 3 rings (SSSR count). The van der Waals surface area contributed by atoms with Gasteiger partial charge in [-0.3, -0.25) is 0 Å². The van der Waals surface area contributed by atoms with Crippen LogP contribution in [0.1, 0.15) is 99.8 Å². The molecule has 2 unspecified atom stereocenters. The molecule has 35 heavy (non-hydrogen) atoms. The first-order chi connectivity index (χ1) is 17.0. The van der Waals surface area contributed by atoms with Gasteiger partial charge in [-0.15, -0.1) is 0 Å². The molecule has 0 heterocycles. The minimum atomic E-state index is -2.48. The first-order valence-corrected chi connectivity index (χ1v) is 13.5. The highest BCUT2D eigenvalue weighted by atomic mass is 19.1. The standard InChI is InChI=1S/C32H41FO2/c1-3-5-7-8-9-11-14-25-18-20-27(21-19-25)30-23-22-28(24-32(30,33)31(34)35)29-17-13-12-16-26(29)15-10-6-4-2/h12-13,16-24,30H,3-11,14-15H2,1-2H3,(H,34,35). The van der Waals surface area contributed by atoms with Gasteiger partial charge in [-0.05, 0) is 59.6 Å². The van der Waals surface area contributed by atoms with Crippen LogP contribution in [0.2, 0.25) is 0 Å². The fraction of sp³-hybridized carbons (Fsp3) is 0.469. The third-order valence-corrected chi connectivity index (χ3v) is 7.15. The Hall–Kier alpha value is -2.68.